The molecule has 3 rings (SSSR count). The minimum absolute atomic E-state index is 0.345. The molecule has 0 aliphatic heterocycles. The average Bonchev–Trinajstić information content (AvgIpc) is 2.59. The van der Waals surface area contributed by atoms with E-state index >= 15 is 0 Å². The summed E-state index contributed by atoms with van der Waals surface area (Å²) >= 11 is 0. The Balaban J connectivity index is 1.79. The highest BCUT2D eigenvalue weighted by Crippen LogP contribution is 2.23. The van der Waals surface area contributed by atoms with Crippen molar-refractivity contribution in [1.82, 2.24) is 4.98 Å². The Morgan fingerprint density at radius 1 is 1.00 bits per heavy atom. The summed E-state index contributed by atoms with van der Waals surface area (Å²) < 4.78 is 13.2. The van der Waals surface area contributed by atoms with Crippen LogP contribution in [0.15, 0.2) is 60.9 Å². The van der Waals surface area contributed by atoms with Gasteiger partial charge in [0.25, 0.3) is 5.91 Å². The number of anilines is 3. The molecule has 0 fully saturated rings. The number of benzene rings is 2. The monoisotopic (exact) mass is 335 g/mol. The van der Waals surface area contributed by atoms with Gasteiger partial charge in [0.2, 0.25) is 0 Å². The largest absolute Gasteiger partial charge is 0.354 e. The van der Waals surface area contributed by atoms with Crippen LogP contribution in [0, 0.1) is 19.7 Å². The number of hydrogen-bond acceptors (Lipinski definition) is 3. The zero-order valence-electron chi connectivity index (χ0n) is 14.0. The van der Waals surface area contributed by atoms with E-state index in [1.54, 1.807) is 24.4 Å². The van der Waals surface area contributed by atoms with Gasteiger partial charge in [0, 0.05) is 17.6 Å². The summed E-state index contributed by atoms with van der Waals surface area (Å²) in [6.07, 6.45) is 3.13. The van der Waals surface area contributed by atoms with Gasteiger partial charge in [-0.1, -0.05) is 18.2 Å². The average molecular weight is 335 g/mol. The molecule has 4 nitrogen and oxygen atoms in total. The van der Waals surface area contributed by atoms with Gasteiger partial charge in [-0.15, -0.1) is 0 Å². The number of carbonyl (C=O) groups excluding carboxylic acids is 1. The minimum atomic E-state index is -0.402. The molecule has 0 bridgehead atoms. The molecule has 0 spiro atoms. The van der Waals surface area contributed by atoms with Gasteiger partial charge in [0.1, 0.15) is 5.82 Å². The molecule has 1 amide bonds. The number of hydrogen-bond donors (Lipinski definition) is 2. The molecule has 0 radical (unpaired) electrons. The molecule has 3 aromatic rings. The van der Waals surface area contributed by atoms with Gasteiger partial charge in [-0.25, -0.2) is 4.39 Å². The van der Waals surface area contributed by atoms with Crippen molar-refractivity contribution in [1.29, 1.82) is 0 Å². The number of halogens is 1. The first-order chi connectivity index (χ1) is 12.0. The lowest BCUT2D eigenvalue weighted by molar-refractivity contribution is 0.102. The van der Waals surface area contributed by atoms with E-state index in [1.807, 2.05) is 32.0 Å². The lowest BCUT2D eigenvalue weighted by Crippen LogP contribution is -2.12. The molecule has 0 saturated heterocycles. The summed E-state index contributed by atoms with van der Waals surface area (Å²) in [5.41, 5.74) is 4.78. The second kappa shape index (κ2) is 7.13. The van der Waals surface area contributed by atoms with E-state index in [0.29, 0.717) is 16.9 Å². The Kier molecular flexibility index (Phi) is 4.75. The third-order valence-corrected chi connectivity index (χ3v) is 3.97. The third kappa shape index (κ3) is 4.01. The van der Waals surface area contributed by atoms with Crippen LogP contribution in [0.3, 0.4) is 0 Å². The molecule has 1 heterocycles. The molecule has 126 valence electrons. The number of rotatable bonds is 4. The van der Waals surface area contributed by atoms with E-state index in [-0.39, 0.29) is 5.91 Å². The van der Waals surface area contributed by atoms with Crippen molar-refractivity contribution < 1.29 is 9.18 Å². The standard InChI is InChI=1S/C20H18FN3O/c1-13-5-3-8-19(14(13)2)23-18-9-15(11-22-12-18)20(25)24-17-7-4-6-16(21)10-17/h3-12,23H,1-2H3,(H,24,25). The number of pyridine rings is 1. The fourth-order valence-corrected chi connectivity index (χ4v) is 2.44. The maximum atomic E-state index is 13.2. The van der Waals surface area contributed by atoms with Crippen molar-refractivity contribution in [2.75, 3.05) is 10.6 Å². The number of carbonyl (C=O) groups is 1. The van der Waals surface area contributed by atoms with Crippen LogP contribution in [0.5, 0.6) is 0 Å². The van der Waals surface area contributed by atoms with E-state index in [4.69, 9.17) is 0 Å². The SMILES string of the molecule is Cc1cccc(Nc2cncc(C(=O)Nc3cccc(F)c3)c2)c1C. The van der Waals surface area contributed by atoms with Crippen LogP contribution in [0.25, 0.3) is 0 Å². The summed E-state index contributed by atoms with van der Waals surface area (Å²) in [4.78, 5) is 16.5. The van der Waals surface area contributed by atoms with Crippen molar-refractivity contribution in [2.24, 2.45) is 0 Å². The fourth-order valence-electron chi connectivity index (χ4n) is 2.44. The number of nitrogens with zero attached hydrogens (tertiary/aromatic N) is 1. The summed E-state index contributed by atoms with van der Waals surface area (Å²) in [6, 6.07) is 13.5. The Bertz CT molecular complexity index is 924. The molecule has 0 aliphatic carbocycles. The zero-order valence-corrected chi connectivity index (χ0v) is 14.0. The Labute approximate surface area is 145 Å². The molecule has 25 heavy (non-hydrogen) atoms. The predicted octanol–water partition coefficient (Wildman–Crippen LogP) is 4.83. The first-order valence-electron chi connectivity index (χ1n) is 7.88. The van der Waals surface area contributed by atoms with Gasteiger partial charge < -0.3 is 10.6 Å². The molecule has 5 heteroatoms. The van der Waals surface area contributed by atoms with Crippen molar-refractivity contribution in [3.05, 3.63) is 83.4 Å². The summed E-state index contributed by atoms with van der Waals surface area (Å²) in [6.45, 7) is 4.08. The van der Waals surface area contributed by atoms with Crippen molar-refractivity contribution in [3.8, 4) is 0 Å². The van der Waals surface area contributed by atoms with Crippen LogP contribution in [-0.2, 0) is 0 Å². The van der Waals surface area contributed by atoms with Gasteiger partial charge in [-0.05, 0) is 55.3 Å². The zero-order chi connectivity index (χ0) is 17.8. The highest BCUT2D eigenvalue weighted by Gasteiger charge is 2.09. The summed E-state index contributed by atoms with van der Waals surface area (Å²) in [5, 5.41) is 5.94. The van der Waals surface area contributed by atoms with Crippen LogP contribution in [-0.4, -0.2) is 10.9 Å². The minimum Gasteiger partial charge on any atom is -0.354 e. The van der Waals surface area contributed by atoms with E-state index < -0.39 is 5.82 Å². The molecular formula is C20H18FN3O. The Morgan fingerprint density at radius 2 is 1.80 bits per heavy atom. The molecule has 1 aromatic heterocycles. The maximum Gasteiger partial charge on any atom is 0.257 e. The molecule has 0 saturated carbocycles. The highest BCUT2D eigenvalue weighted by molar-refractivity contribution is 6.04. The number of aryl methyl sites for hydroxylation is 1. The summed E-state index contributed by atoms with van der Waals surface area (Å²) in [7, 11) is 0. The van der Waals surface area contributed by atoms with E-state index in [0.717, 1.165) is 11.3 Å². The van der Waals surface area contributed by atoms with Gasteiger partial charge in [-0.3, -0.25) is 9.78 Å². The second-order valence-corrected chi connectivity index (χ2v) is 5.80. The predicted molar refractivity (Wildman–Crippen MR) is 97.8 cm³/mol. The van der Waals surface area contributed by atoms with Crippen molar-refractivity contribution >= 4 is 23.0 Å². The molecule has 2 aromatic carbocycles. The normalized spacial score (nSPS) is 10.4. The first kappa shape index (κ1) is 16.6. The molecule has 2 N–H and O–H groups in total. The van der Waals surface area contributed by atoms with E-state index in [9.17, 15) is 9.18 Å². The van der Waals surface area contributed by atoms with Crippen LogP contribution in [0.2, 0.25) is 0 Å². The smallest absolute Gasteiger partial charge is 0.257 e. The number of amides is 1. The van der Waals surface area contributed by atoms with Crippen LogP contribution >= 0.6 is 0 Å². The molecule has 0 unspecified atom stereocenters. The van der Waals surface area contributed by atoms with Crippen molar-refractivity contribution in [3.63, 3.8) is 0 Å². The van der Waals surface area contributed by atoms with E-state index in [2.05, 4.69) is 15.6 Å². The highest BCUT2D eigenvalue weighted by atomic mass is 19.1. The maximum absolute atomic E-state index is 13.2. The van der Waals surface area contributed by atoms with Gasteiger partial charge in [0.15, 0.2) is 0 Å². The van der Waals surface area contributed by atoms with Gasteiger partial charge >= 0.3 is 0 Å². The van der Waals surface area contributed by atoms with E-state index in [1.165, 1.54) is 23.9 Å². The first-order valence-corrected chi connectivity index (χ1v) is 7.88. The van der Waals surface area contributed by atoms with Gasteiger partial charge in [0.05, 0.1) is 17.4 Å². The molecular weight excluding hydrogens is 317 g/mol. The quantitative estimate of drug-likeness (QED) is 0.718. The van der Waals surface area contributed by atoms with Crippen LogP contribution < -0.4 is 10.6 Å². The fraction of sp³-hybridized carbons (Fsp3) is 0.100. The van der Waals surface area contributed by atoms with Gasteiger partial charge in [-0.2, -0.15) is 0 Å². The molecule has 0 atom stereocenters. The van der Waals surface area contributed by atoms with Crippen LogP contribution in [0.1, 0.15) is 21.5 Å². The topological polar surface area (TPSA) is 54.0 Å². The number of nitrogens with one attached hydrogen (secondary N) is 2. The Morgan fingerprint density at radius 3 is 2.60 bits per heavy atom. The lowest BCUT2D eigenvalue weighted by Gasteiger charge is -2.12. The third-order valence-electron chi connectivity index (χ3n) is 3.97. The number of aromatic nitrogens is 1. The van der Waals surface area contributed by atoms with Crippen LogP contribution in [0.4, 0.5) is 21.5 Å². The summed E-state index contributed by atoms with van der Waals surface area (Å²) in [5.74, 6) is -0.746. The second-order valence-electron chi connectivity index (χ2n) is 5.80. The van der Waals surface area contributed by atoms with Crippen molar-refractivity contribution in [2.45, 2.75) is 13.8 Å². The molecule has 0 aliphatic rings. The lowest BCUT2D eigenvalue weighted by atomic mass is 10.1. The Hall–Kier alpha value is -3.21.